The van der Waals surface area contributed by atoms with Gasteiger partial charge in [-0.2, -0.15) is 0 Å². The number of halogens is 1. The minimum Gasteiger partial charge on any atom is -0.352 e. The van der Waals surface area contributed by atoms with Gasteiger partial charge in [0, 0.05) is 24.0 Å². The summed E-state index contributed by atoms with van der Waals surface area (Å²) in [6, 6.07) is 15.8. The Morgan fingerprint density at radius 3 is 2.62 bits per heavy atom. The zero-order chi connectivity index (χ0) is 18.4. The molecule has 0 aliphatic heterocycles. The van der Waals surface area contributed by atoms with Crippen molar-refractivity contribution >= 4 is 16.8 Å². The third kappa shape index (κ3) is 4.79. The number of unbranched alkanes of at least 4 members (excludes halogenated alkanes) is 1. The second kappa shape index (κ2) is 8.43. The summed E-state index contributed by atoms with van der Waals surface area (Å²) in [6.45, 7) is 0.219. The zero-order valence-corrected chi connectivity index (χ0v) is 14.4. The molecule has 4 nitrogen and oxygen atoms in total. The number of nitrogens with one attached hydrogen (secondary N) is 2. The molecular formula is C21H21FN2O2. The highest BCUT2D eigenvalue weighted by atomic mass is 19.1. The highest BCUT2D eigenvalue weighted by molar-refractivity contribution is 5.79. The summed E-state index contributed by atoms with van der Waals surface area (Å²) < 4.78 is 12.8. The standard InChI is InChI=1S/C21H21FN2O2/c22-18-11-9-15(10-12-18)5-1-4-8-20(25)23-14-17-13-16-6-2-3-7-19(16)24-21(17)26/h2-3,6-7,9-13H,1,4-5,8,14H2,(H,23,25)(H,24,26). The number of para-hydroxylation sites is 1. The number of carbonyl (C=O) groups excluding carboxylic acids is 1. The van der Waals surface area contributed by atoms with Gasteiger partial charge in [-0.15, -0.1) is 0 Å². The van der Waals surface area contributed by atoms with Crippen molar-refractivity contribution in [2.75, 3.05) is 0 Å². The molecule has 0 saturated carbocycles. The van der Waals surface area contributed by atoms with Crippen LogP contribution in [0.15, 0.2) is 59.4 Å². The van der Waals surface area contributed by atoms with Crippen molar-refractivity contribution < 1.29 is 9.18 Å². The third-order valence-corrected chi connectivity index (χ3v) is 4.34. The van der Waals surface area contributed by atoms with Gasteiger partial charge in [0.25, 0.3) is 5.56 Å². The van der Waals surface area contributed by atoms with Gasteiger partial charge in [0.1, 0.15) is 5.82 Å². The summed E-state index contributed by atoms with van der Waals surface area (Å²) >= 11 is 0. The van der Waals surface area contributed by atoms with Gasteiger partial charge in [0.05, 0.1) is 0 Å². The number of fused-ring (bicyclic) bond motifs is 1. The second-order valence-corrected chi connectivity index (χ2v) is 6.32. The predicted molar refractivity (Wildman–Crippen MR) is 100 cm³/mol. The fourth-order valence-electron chi connectivity index (χ4n) is 2.87. The van der Waals surface area contributed by atoms with Gasteiger partial charge in [0.2, 0.25) is 5.91 Å². The van der Waals surface area contributed by atoms with Crippen molar-refractivity contribution in [1.29, 1.82) is 0 Å². The van der Waals surface area contributed by atoms with E-state index in [1.807, 2.05) is 30.3 Å². The van der Waals surface area contributed by atoms with Crippen molar-refractivity contribution in [2.24, 2.45) is 0 Å². The predicted octanol–water partition coefficient (Wildman–Crippen LogP) is 3.70. The molecule has 0 saturated heterocycles. The fourth-order valence-corrected chi connectivity index (χ4v) is 2.87. The van der Waals surface area contributed by atoms with Gasteiger partial charge in [-0.1, -0.05) is 30.3 Å². The average Bonchev–Trinajstić information content (AvgIpc) is 2.65. The average molecular weight is 352 g/mol. The molecule has 26 heavy (non-hydrogen) atoms. The number of amides is 1. The zero-order valence-electron chi connectivity index (χ0n) is 14.4. The van der Waals surface area contributed by atoms with E-state index in [2.05, 4.69) is 10.3 Å². The molecule has 3 rings (SSSR count). The Morgan fingerprint density at radius 2 is 1.81 bits per heavy atom. The van der Waals surface area contributed by atoms with Crippen LogP contribution in [0.1, 0.15) is 30.4 Å². The summed E-state index contributed by atoms with van der Waals surface area (Å²) in [6.07, 6.45) is 2.83. The SMILES string of the molecule is O=C(CCCCc1ccc(F)cc1)NCc1cc2ccccc2[nH]c1=O. The molecule has 0 atom stereocenters. The molecule has 0 spiro atoms. The van der Waals surface area contributed by atoms with Crippen LogP contribution < -0.4 is 10.9 Å². The number of aromatic nitrogens is 1. The monoisotopic (exact) mass is 352 g/mol. The van der Waals surface area contributed by atoms with Crippen molar-refractivity contribution in [1.82, 2.24) is 10.3 Å². The number of aryl methyl sites for hydroxylation is 1. The number of aromatic amines is 1. The van der Waals surface area contributed by atoms with Crippen LogP contribution in [0.4, 0.5) is 4.39 Å². The molecule has 5 heteroatoms. The molecule has 0 fully saturated rings. The van der Waals surface area contributed by atoms with Gasteiger partial charge in [0.15, 0.2) is 0 Å². The number of carbonyl (C=O) groups is 1. The van der Waals surface area contributed by atoms with E-state index >= 15 is 0 Å². The molecule has 1 heterocycles. The summed E-state index contributed by atoms with van der Waals surface area (Å²) in [4.78, 5) is 26.9. The number of benzene rings is 2. The van der Waals surface area contributed by atoms with E-state index in [-0.39, 0.29) is 23.8 Å². The first-order chi connectivity index (χ1) is 12.6. The highest BCUT2D eigenvalue weighted by Gasteiger charge is 2.06. The summed E-state index contributed by atoms with van der Waals surface area (Å²) in [5.74, 6) is -0.312. The number of hydrogen-bond donors (Lipinski definition) is 2. The molecule has 2 aromatic carbocycles. The Kier molecular flexibility index (Phi) is 5.79. The van der Waals surface area contributed by atoms with E-state index in [1.54, 1.807) is 12.1 Å². The van der Waals surface area contributed by atoms with E-state index in [4.69, 9.17) is 0 Å². The number of pyridine rings is 1. The molecule has 134 valence electrons. The van der Waals surface area contributed by atoms with Gasteiger partial charge >= 0.3 is 0 Å². The second-order valence-electron chi connectivity index (χ2n) is 6.32. The minimum atomic E-state index is -0.239. The van der Waals surface area contributed by atoms with Gasteiger partial charge in [-0.3, -0.25) is 9.59 Å². The minimum absolute atomic E-state index is 0.0725. The maximum atomic E-state index is 12.8. The van der Waals surface area contributed by atoms with Crippen LogP contribution in [-0.4, -0.2) is 10.9 Å². The van der Waals surface area contributed by atoms with Crippen LogP contribution in [0.2, 0.25) is 0 Å². The van der Waals surface area contributed by atoms with E-state index in [0.717, 1.165) is 35.7 Å². The molecule has 0 unspecified atom stereocenters. The van der Waals surface area contributed by atoms with E-state index in [9.17, 15) is 14.0 Å². The number of rotatable bonds is 7. The normalized spacial score (nSPS) is 10.8. The quantitative estimate of drug-likeness (QED) is 0.637. The van der Waals surface area contributed by atoms with Crippen LogP contribution in [0.5, 0.6) is 0 Å². The molecule has 0 radical (unpaired) electrons. The molecule has 2 N–H and O–H groups in total. The third-order valence-electron chi connectivity index (χ3n) is 4.34. The Balaban J connectivity index is 1.44. The van der Waals surface area contributed by atoms with Crippen LogP contribution >= 0.6 is 0 Å². The topological polar surface area (TPSA) is 62.0 Å². The lowest BCUT2D eigenvalue weighted by Crippen LogP contribution is -2.26. The van der Waals surface area contributed by atoms with E-state index < -0.39 is 0 Å². The molecule has 3 aromatic rings. The van der Waals surface area contributed by atoms with Gasteiger partial charge in [-0.05, 0) is 54.5 Å². The first-order valence-corrected chi connectivity index (χ1v) is 8.74. The molecule has 0 bridgehead atoms. The lowest BCUT2D eigenvalue weighted by atomic mass is 10.1. The van der Waals surface area contributed by atoms with Crippen LogP contribution in [-0.2, 0) is 17.8 Å². The number of H-pyrrole nitrogens is 1. The summed E-state index contributed by atoms with van der Waals surface area (Å²) in [5.41, 5.74) is 2.21. The summed E-state index contributed by atoms with van der Waals surface area (Å²) in [5, 5.41) is 3.74. The maximum Gasteiger partial charge on any atom is 0.253 e. The lowest BCUT2D eigenvalue weighted by Gasteiger charge is -2.06. The summed E-state index contributed by atoms with van der Waals surface area (Å²) in [7, 11) is 0. The smallest absolute Gasteiger partial charge is 0.253 e. The van der Waals surface area contributed by atoms with Crippen molar-refractivity contribution in [2.45, 2.75) is 32.2 Å². The Morgan fingerprint density at radius 1 is 1.04 bits per heavy atom. The first kappa shape index (κ1) is 17.9. The van der Waals surface area contributed by atoms with E-state index in [0.29, 0.717) is 12.0 Å². The fraction of sp³-hybridized carbons (Fsp3) is 0.238. The van der Waals surface area contributed by atoms with E-state index in [1.165, 1.54) is 12.1 Å². The largest absolute Gasteiger partial charge is 0.352 e. The molecular weight excluding hydrogens is 331 g/mol. The molecule has 0 aliphatic carbocycles. The molecule has 0 aliphatic rings. The lowest BCUT2D eigenvalue weighted by molar-refractivity contribution is -0.121. The highest BCUT2D eigenvalue weighted by Crippen LogP contribution is 2.10. The van der Waals surface area contributed by atoms with Crippen molar-refractivity contribution in [3.8, 4) is 0 Å². The van der Waals surface area contributed by atoms with Crippen LogP contribution in [0.25, 0.3) is 10.9 Å². The van der Waals surface area contributed by atoms with Crippen LogP contribution in [0.3, 0.4) is 0 Å². The first-order valence-electron chi connectivity index (χ1n) is 8.74. The van der Waals surface area contributed by atoms with Crippen molar-refractivity contribution in [3.05, 3.63) is 81.9 Å². The maximum absolute atomic E-state index is 12.8. The number of hydrogen-bond acceptors (Lipinski definition) is 2. The molecule has 1 amide bonds. The van der Waals surface area contributed by atoms with Gasteiger partial charge in [-0.25, -0.2) is 4.39 Å². The van der Waals surface area contributed by atoms with Crippen molar-refractivity contribution in [3.63, 3.8) is 0 Å². The Bertz CT molecular complexity index is 948. The Labute approximate surface area is 151 Å². The Hall–Kier alpha value is -2.95. The molecule has 1 aromatic heterocycles. The van der Waals surface area contributed by atoms with Gasteiger partial charge < -0.3 is 10.3 Å². The van der Waals surface area contributed by atoms with Crippen LogP contribution in [0, 0.1) is 5.82 Å².